The van der Waals surface area contributed by atoms with Gasteiger partial charge in [0.15, 0.2) is 16.0 Å². The number of fused-ring (bicyclic) bond motifs is 1. The molecule has 0 spiro atoms. The van der Waals surface area contributed by atoms with Crippen molar-refractivity contribution in [3.05, 3.63) is 70.5 Å². The van der Waals surface area contributed by atoms with E-state index >= 15 is 0 Å². The molecular weight excluding hydrogens is 440 g/mol. The summed E-state index contributed by atoms with van der Waals surface area (Å²) in [6.45, 7) is 2.05. The maximum absolute atomic E-state index is 12.7. The number of benzene rings is 2. The number of nitrogens with zero attached hydrogens (tertiary/aromatic N) is 3. The van der Waals surface area contributed by atoms with Gasteiger partial charge in [0.25, 0.3) is 5.91 Å². The number of halogens is 1. The van der Waals surface area contributed by atoms with E-state index in [9.17, 15) is 4.79 Å². The highest BCUT2D eigenvalue weighted by Crippen LogP contribution is 2.30. The third-order valence-corrected chi connectivity index (χ3v) is 6.38. The molecule has 0 atom stereocenters. The van der Waals surface area contributed by atoms with Gasteiger partial charge in [0.1, 0.15) is 5.75 Å². The van der Waals surface area contributed by atoms with Crippen LogP contribution in [0.1, 0.15) is 21.6 Å². The van der Waals surface area contributed by atoms with E-state index in [-0.39, 0.29) is 10.7 Å². The molecule has 0 unspecified atom stereocenters. The highest BCUT2D eigenvalue weighted by atomic mass is 35.5. The van der Waals surface area contributed by atoms with Crippen molar-refractivity contribution in [2.75, 3.05) is 12.4 Å². The van der Waals surface area contributed by atoms with Gasteiger partial charge in [-0.1, -0.05) is 64.5 Å². The standard InChI is InChI=1S/C21H17ClN4O2S2/c1-12-3-5-13(6-4-12)11-29-20-23-10-15(22)18(25-20)19(27)26-21-24-16-8-7-14(28-2)9-17(16)30-21/h3-10H,11H2,1-2H3,(H,24,26,27). The summed E-state index contributed by atoms with van der Waals surface area (Å²) in [6, 6.07) is 13.8. The summed E-state index contributed by atoms with van der Waals surface area (Å²) in [5.74, 6) is 1.01. The molecule has 152 valence electrons. The SMILES string of the molecule is COc1ccc2nc(NC(=O)c3nc(SCc4ccc(C)cc4)ncc3Cl)sc2c1. The van der Waals surface area contributed by atoms with Gasteiger partial charge in [-0.25, -0.2) is 15.0 Å². The lowest BCUT2D eigenvalue weighted by Gasteiger charge is -2.06. The second kappa shape index (κ2) is 8.99. The molecule has 0 saturated heterocycles. The van der Waals surface area contributed by atoms with Crippen LogP contribution < -0.4 is 10.1 Å². The fourth-order valence-corrected chi connectivity index (χ4v) is 4.49. The van der Waals surface area contributed by atoms with E-state index in [0.717, 1.165) is 21.5 Å². The van der Waals surface area contributed by atoms with Crippen molar-refractivity contribution in [3.8, 4) is 5.75 Å². The number of rotatable bonds is 6. The average molecular weight is 457 g/mol. The minimum Gasteiger partial charge on any atom is -0.497 e. The molecule has 0 bridgehead atoms. The predicted octanol–water partition coefficient (Wildman–Crippen LogP) is 5.60. The Morgan fingerprint density at radius 2 is 2.00 bits per heavy atom. The number of thioether (sulfide) groups is 1. The van der Waals surface area contributed by atoms with Crippen LogP contribution in [-0.2, 0) is 5.75 Å². The number of carbonyl (C=O) groups is 1. The molecule has 0 saturated carbocycles. The van der Waals surface area contributed by atoms with Crippen molar-refractivity contribution < 1.29 is 9.53 Å². The number of aromatic nitrogens is 3. The maximum Gasteiger partial charge on any atom is 0.277 e. The second-order valence-electron chi connectivity index (χ2n) is 6.43. The number of ether oxygens (including phenoxy) is 1. The van der Waals surface area contributed by atoms with Crippen LogP contribution in [0.3, 0.4) is 0 Å². The van der Waals surface area contributed by atoms with E-state index in [1.165, 1.54) is 34.9 Å². The van der Waals surface area contributed by atoms with Gasteiger partial charge in [0, 0.05) is 5.75 Å². The molecule has 0 radical (unpaired) electrons. The van der Waals surface area contributed by atoms with E-state index in [0.29, 0.717) is 16.0 Å². The summed E-state index contributed by atoms with van der Waals surface area (Å²) in [5, 5.41) is 3.92. The van der Waals surface area contributed by atoms with Crippen molar-refractivity contribution in [1.82, 2.24) is 15.0 Å². The van der Waals surface area contributed by atoms with Crippen molar-refractivity contribution in [2.24, 2.45) is 0 Å². The van der Waals surface area contributed by atoms with Gasteiger partial charge in [-0.2, -0.15) is 0 Å². The van der Waals surface area contributed by atoms with E-state index in [1.54, 1.807) is 7.11 Å². The van der Waals surface area contributed by atoms with Crippen LogP contribution in [0.25, 0.3) is 10.2 Å². The zero-order valence-corrected chi connectivity index (χ0v) is 18.6. The van der Waals surface area contributed by atoms with E-state index in [1.807, 2.05) is 25.1 Å². The van der Waals surface area contributed by atoms with Crippen LogP contribution in [0.4, 0.5) is 5.13 Å². The largest absolute Gasteiger partial charge is 0.497 e. The van der Waals surface area contributed by atoms with Gasteiger partial charge in [-0.3, -0.25) is 10.1 Å². The molecule has 0 aliphatic rings. The van der Waals surface area contributed by atoms with Crippen LogP contribution in [0.2, 0.25) is 5.02 Å². The smallest absolute Gasteiger partial charge is 0.277 e. The first-order valence-corrected chi connectivity index (χ1v) is 11.2. The number of nitrogens with one attached hydrogen (secondary N) is 1. The first-order chi connectivity index (χ1) is 14.5. The van der Waals surface area contributed by atoms with E-state index in [2.05, 4.69) is 44.5 Å². The van der Waals surface area contributed by atoms with Gasteiger partial charge in [0.2, 0.25) is 0 Å². The Morgan fingerprint density at radius 1 is 1.20 bits per heavy atom. The molecule has 0 aliphatic heterocycles. The lowest BCUT2D eigenvalue weighted by atomic mass is 10.2. The number of aryl methyl sites for hydroxylation is 1. The zero-order chi connectivity index (χ0) is 21.1. The summed E-state index contributed by atoms with van der Waals surface area (Å²) in [4.78, 5) is 25.7. The van der Waals surface area contributed by atoms with E-state index in [4.69, 9.17) is 16.3 Å². The molecule has 6 nitrogen and oxygen atoms in total. The maximum atomic E-state index is 12.7. The van der Waals surface area contributed by atoms with Crippen LogP contribution in [0.15, 0.2) is 53.8 Å². The summed E-state index contributed by atoms with van der Waals surface area (Å²) < 4.78 is 6.14. The fraction of sp³-hybridized carbons (Fsp3) is 0.143. The van der Waals surface area contributed by atoms with Crippen LogP contribution in [0, 0.1) is 6.92 Å². The molecule has 1 amide bonds. The Kier molecular flexibility index (Phi) is 6.17. The quantitative estimate of drug-likeness (QED) is 0.300. The third-order valence-electron chi connectivity index (χ3n) is 4.24. The summed E-state index contributed by atoms with van der Waals surface area (Å²) in [5.41, 5.74) is 3.26. The average Bonchev–Trinajstić information content (AvgIpc) is 3.15. The van der Waals surface area contributed by atoms with Crippen molar-refractivity contribution >= 4 is 56.0 Å². The molecule has 2 aromatic carbocycles. The number of amides is 1. The lowest BCUT2D eigenvalue weighted by molar-refractivity contribution is 0.102. The Bertz CT molecular complexity index is 1210. The molecule has 1 N–H and O–H groups in total. The minimum atomic E-state index is -0.425. The van der Waals surface area contributed by atoms with Crippen LogP contribution in [0.5, 0.6) is 5.75 Å². The number of methoxy groups -OCH3 is 1. The molecule has 30 heavy (non-hydrogen) atoms. The second-order valence-corrected chi connectivity index (χ2v) is 8.81. The van der Waals surface area contributed by atoms with Gasteiger partial charge < -0.3 is 4.74 Å². The Labute approximate surface area is 186 Å². The molecule has 9 heteroatoms. The first kappa shape index (κ1) is 20.6. The zero-order valence-electron chi connectivity index (χ0n) is 16.2. The third kappa shape index (κ3) is 4.72. The number of thiazole rings is 1. The van der Waals surface area contributed by atoms with Crippen molar-refractivity contribution in [3.63, 3.8) is 0 Å². The highest BCUT2D eigenvalue weighted by molar-refractivity contribution is 7.98. The van der Waals surface area contributed by atoms with Crippen molar-refractivity contribution in [1.29, 1.82) is 0 Å². The number of hydrogen-bond acceptors (Lipinski definition) is 7. The minimum absolute atomic E-state index is 0.120. The lowest BCUT2D eigenvalue weighted by Crippen LogP contribution is -2.15. The predicted molar refractivity (Wildman–Crippen MR) is 122 cm³/mol. The van der Waals surface area contributed by atoms with Crippen molar-refractivity contribution in [2.45, 2.75) is 17.8 Å². The molecule has 2 heterocycles. The van der Waals surface area contributed by atoms with Gasteiger partial charge in [-0.15, -0.1) is 0 Å². The molecule has 4 rings (SSSR count). The molecule has 2 aromatic heterocycles. The number of hydrogen-bond donors (Lipinski definition) is 1. The van der Waals surface area contributed by atoms with Crippen LogP contribution >= 0.6 is 34.7 Å². The number of carbonyl (C=O) groups excluding carboxylic acids is 1. The van der Waals surface area contributed by atoms with E-state index < -0.39 is 5.91 Å². The summed E-state index contributed by atoms with van der Waals surface area (Å²) in [6.07, 6.45) is 1.45. The molecular formula is C21H17ClN4O2S2. The Hall–Kier alpha value is -2.68. The summed E-state index contributed by atoms with van der Waals surface area (Å²) >= 11 is 8.98. The number of anilines is 1. The molecule has 4 aromatic rings. The highest BCUT2D eigenvalue weighted by Gasteiger charge is 2.17. The molecule has 0 aliphatic carbocycles. The Morgan fingerprint density at radius 3 is 2.77 bits per heavy atom. The monoisotopic (exact) mass is 456 g/mol. The topological polar surface area (TPSA) is 77.0 Å². The summed E-state index contributed by atoms with van der Waals surface area (Å²) in [7, 11) is 1.61. The first-order valence-electron chi connectivity index (χ1n) is 8.98. The van der Waals surface area contributed by atoms with Crippen LogP contribution in [-0.4, -0.2) is 28.0 Å². The molecule has 0 fully saturated rings. The fourth-order valence-electron chi connectivity index (χ4n) is 2.65. The van der Waals surface area contributed by atoms with Gasteiger partial charge in [0.05, 0.1) is 28.5 Å². The normalized spacial score (nSPS) is 10.9. The Balaban J connectivity index is 1.49. The van der Waals surface area contributed by atoms with Gasteiger partial charge in [-0.05, 0) is 30.7 Å². The van der Waals surface area contributed by atoms with Gasteiger partial charge >= 0.3 is 0 Å².